The highest BCUT2D eigenvalue weighted by atomic mass is 15.3. The van der Waals surface area contributed by atoms with Gasteiger partial charge in [-0.05, 0) is 25.9 Å². The van der Waals surface area contributed by atoms with Gasteiger partial charge in [0.2, 0.25) is 0 Å². The number of nitrogens with two attached hydrogens (primary N) is 1. The van der Waals surface area contributed by atoms with E-state index in [0.29, 0.717) is 6.04 Å². The molecule has 1 rings (SSSR count). The Balaban J connectivity index is 2.43. The molecule has 0 aromatic carbocycles. The van der Waals surface area contributed by atoms with Gasteiger partial charge in [0.15, 0.2) is 0 Å². The second kappa shape index (κ2) is 7.25. The minimum Gasteiger partial charge on any atom is -0.329 e. The zero-order valence-electron chi connectivity index (χ0n) is 11.3. The first-order valence-electron chi connectivity index (χ1n) is 6.94. The average molecular weight is 227 g/mol. The molecule has 0 aromatic heterocycles. The first-order chi connectivity index (χ1) is 7.76. The summed E-state index contributed by atoms with van der Waals surface area (Å²) in [7, 11) is 0. The van der Waals surface area contributed by atoms with Crippen LogP contribution in [0.5, 0.6) is 0 Å². The van der Waals surface area contributed by atoms with Crippen molar-refractivity contribution in [2.45, 2.75) is 52.1 Å². The predicted molar refractivity (Wildman–Crippen MR) is 70.6 cm³/mol. The molecule has 0 amide bonds. The maximum atomic E-state index is 5.87. The zero-order valence-corrected chi connectivity index (χ0v) is 11.3. The second-order valence-electron chi connectivity index (χ2n) is 4.84. The van der Waals surface area contributed by atoms with Gasteiger partial charge in [-0.1, -0.05) is 27.2 Å². The predicted octanol–water partition coefficient (Wildman–Crippen LogP) is 1.53. The minimum absolute atomic E-state index is 0.616. The lowest BCUT2D eigenvalue weighted by atomic mass is 10.1. The SMILES string of the molecule is CCCC(CN)N1CCC(N(CC)CC)C1. The highest BCUT2D eigenvalue weighted by Gasteiger charge is 2.29. The maximum Gasteiger partial charge on any atom is 0.0235 e. The van der Waals surface area contributed by atoms with Crippen LogP contribution in [0.3, 0.4) is 0 Å². The van der Waals surface area contributed by atoms with Crippen LogP contribution in [0.1, 0.15) is 40.0 Å². The lowest BCUT2D eigenvalue weighted by Crippen LogP contribution is -2.42. The first kappa shape index (κ1) is 13.9. The maximum absolute atomic E-state index is 5.87. The summed E-state index contributed by atoms with van der Waals surface area (Å²) in [4.78, 5) is 5.19. The first-order valence-corrected chi connectivity index (χ1v) is 6.94. The van der Waals surface area contributed by atoms with Gasteiger partial charge in [-0.25, -0.2) is 0 Å². The van der Waals surface area contributed by atoms with Gasteiger partial charge >= 0.3 is 0 Å². The number of likely N-dealkylation sites (tertiary alicyclic amines) is 1. The number of hydrogen-bond acceptors (Lipinski definition) is 3. The topological polar surface area (TPSA) is 32.5 Å². The molecular weight excluding hydrogens is 198 g/mol. The third-order valence-corrected chi connectivity index (χ3v) is 3.93. The molecule has 3 heteroatoms. The van der Waals surface area contributed by atoms with Gasteiger partial charge in [-0.3, -0.25) is 9.80 Å². The Morgan fingerprint density at radius 3 is 2.50 bits per heavy atom. The summed E-state index contributed by atoms with van der Waals surface area (Å²) in [5.41, 5.74) is 5.87. The largest absolute Gasteiger partial charge is 0.329 e. The van der Waals surface area contributed by atoms with E-state index in [1.165, 1.54) is 45.4 Å². The van der Waals surface area contributed by atoms with Gasteiger partial charge in [0.25, 0.3) is 0 Å². The third kappa shape index (κ3) is 3.44. The fourth-order valence-corrected chi connectivity index (χ4v) is 2.92. The molecule has 2 atom stereocenters. The summed E-state index contributed by atoms with van der Waals surface area (Å²) < 4.78 is 0. The van der Waals surface area contributed by atoms with Crippen molar-refractivity contribution in [3.05, 3.63) is 0 Å². The number of rotatable bonds is 7. The van der Waals surface area contributed by atoms with Crippen LogP contribution >= 0.6 is 0 Å². The summed E-state index contributed by atoms with van der Waals surface area (Å²) in [6, 6.07) is 1.38. The van der Waals surface area contributed by atoms with Crippen molar-refractivity contribution in [3.63, 3.8) is 0 Å². The van der Waals surface area contributed by atoms with Gasteiger partial charge in [0.1, 0.15) is 0 Å². The smallest absolute Gasteiger partial charge is 0.0235 e. The zero-order chi connectivity index (χ0) is 12.0. The normalized spacial score (nSPS) is 24.2. The van der Waals surface area contributed by atoms with Crippen LogP contribution in [0.25, 0.3) is 0 Å². The molecule has 0 bridgehead atoms. The lowest BCUT2D eigenvalue weighted by molar-refractivity contribution is 0.184. The molecule has 0 aromatic rings. The summed E-state index contributed by atoms with van der Waals surface area (Å²) in [5, 5.41) is 0. The highest BCUT2D eigenvalue weighted by molar-refractivity contribution is 4.86. The van der Waals surface area contributed by atoms with Crippen LogP contribution in [0, 0.1) is 0 Å². The second-order valence-corrected chi connectivity index (χ2v) is 4.84. The average Bonchev–Trinajstić information content (AvgIpc) is 2.77. The summed E-state index contributed by atoms with van der Waals surface area (Å²) in [6.45, 7) is 12.4. The van der Waals surface area contributed by atoms with Crippen molar-refractivity contribution < 1.29 is 0 Å². The van der Waals surface area contributed by atoms with Gasteiger partial charge < -0.3 is 5.73 Å². The quantitative estimate of drug-likeness (QED) is 0.716. The van der Waals surface area contributed by atoms with E-state index in [-0.39, 0.29) is 0 Å². The van der Waals surface area contributed by atoms with Crippen molar-refractivity contribution in [1.82, 2.24) is 9.80 Å². The van der Waals surface area contributed by atoms with E-state index in [0.717, 1.165) is 12.6 Å². The number of hydrogen-bond donors (Lipinski definition) is 1. The highest BCUT2D eigenvalue weighted by Crippen LogP contribution is 2.19. The number of nitrogens with zero attached hydrogens (tertiary/aromatic N) is 2. The molecule has 0 radical (unpaired) electrons. The van der Waals surface area contributed by atoms with Gasteiger partial charge in [-0.2, -0.15) is 0 Å². The molecule has 1 aliphatic heterocycles. The van der Waals surface area contributed by atoms with E-state index < -0.39 is 0 Å². The van der Waals surface area contributed by atoms with E-state index in [9.17, 15) is 0 Å². The minimum atomic E-state index is 0.616. The Morgan fingerprint density at radius 1 is 1.31 bits per heavy atom. The Kier molecular flexibility index (Phi) is 6.32. The standard InChI is InChI=1S/C13H29N3/c1-4-7-12(10-14)16-9-8-13(11-16)15(5-2)6-3/h12-13H,4-11,14H2,1-3H3. The van der Waals surface area contributed by atoms with Crippen molar-refractivity contribution >= 4 is 0 Å². The van der Waals surface area contributed by atoms with E-state index in [4.69, 9.17) is 5.73 Å². The molecule has 1 saturated heterocycles. The van der Waals surface area contributed by atoms with E-state index in [1.54, 1.807) is 0 Å². The summed E-state index contributed by atoms with van der Waals surface area (Å²) >= 11 is 0. The van der Waals surface area contributed by atoms with Crippen LogP contribution < -0.4 is 5.73 Å². The van der Waals surface area contributed by atoms with Crippen LogP contribution in [-0.4, -0.2) is 54.6 Å². The lowest BCUT2D eigenvalue weighted by Gasteiger charge is -2.29. The third-order valence-electron chi connectivity index (χ3n) is 3.93. The molecule has 1 fully saturated rings. The Labute approximate surface area is 101 Å². The van der Waals surface area contributed by atoms with E-state index in [2.05, 4.69) is 30.6 Å². The molecule has 0 saturated carbocycles. The van der Waals surface area contributed by atoms with Gasteiger partial charge in [0, 0.05) is 31.7 Å². The van der Waals surface area contributed by atoms with Crippen LogP contribution in [0.15, 0.2) is 0 Å². The van der Waals surface area contributed by atoms with Crippen LogP contribution in [0.4, 0.5) is 0 Å². The summed E-state index contributed by atoms with van der Waals surface area (Å²) in [5.74, 6) is 0. The molecule has 96 valence electrons. The monoisotopic (exact) mass is 227 g/mol. The summed E-state index contributed by atoms with van der Waals surface area (Å²) in [6.07, 6.45) is 3.82. The Hall–Kier alpha value is -0.120. The molecule has 0 aliphatic carbocycles. The molecular formula is C13H29N3. The Morgan fingerprint density at radius 2 is 2.00 bits per heavy atom. The van der Waals surface area contributed by atoms with Crippen molar-refractivity contribution in [3.8, 4) is 0 Å². The van der Waals surface area contributed by atoms with Crippen LogP contribution in [-0.2, 0) is 0 Å². The molecule has 2 N–H and O–H groups in total. The molecule has 16 heavy (non-hydrogen) atoms. The molecule has 3 nitrogen and oxygen atoms in total. The van der Waals surface area contributed by atoms with Crippen molar-refractivity contribution in [2.75, 3.05) is 32.7 Å². The fraction of sp³-hybridized carbons (Fsp3) is 1.00. The van der Waals surface area contributed by atoms with Crippen molar-refractivity contribution in [2.24, 2.45) is 5.73 Å². The molecule has 1 aliphatic rings. The van der Waals surface area contributed by atoms with Crippen LogP contribution in [0.2, 0.25) is 0 Å². The molecule has 2 unspecified atom stereocenters. The molecule has 1 heterocycles. The van der Waals surface area contributed by atoms with Crippen molar-refractivity contribution in [1.29, 1.82) is 0 Å². The van der Waals surface area contributed by atoms with E-state index >= 15 is 0 Å². The van der Waals surface area contributed by atoms with Gasteiger partial charge in [0.05, 0.1) is 0 Å². The fourth-order valence-electron chi connectivity index (χ4n) is 2.92. The van der Waals surface area contributed by atoms with Gasteiger partial charge in [-0.15, -0.1) is 0 Å². The molecule has 0 spiro atoms. The van der Waals surface area contributed by atoms with E-state index in [1.807, 2.05) is 0 Å². The number of likely N-dealkylation sites (N-methyl/N-ethyl adjacent to an activating group) is 1. The Bertz CT molecular complexity index is 180.